The normalized spacial score (nSPS) is 14.1. The first-order chi connectivity index (χ1) is 6.49. The van der Waals surface area contributed by atoms with Crippen LogP contribution in [0.1, 0.15) is 37.8 Å². The Labute approximate surface area is 87.5 Å². The van der Waals surface area contributed by atoms with Crippen molar-refractivity contribution in [3.8, 4) is 0 Å². The number of hydrogen-bond acceptors (Lipinski definition) is 1. The molecule has 0 saturated carbocycles. The summed E-state index contributed by atoms with van der Waals surface area (Å²) in [6.45, 7) is 8.94. The molecular weight excluding hydrogens is 170 g/mol. The van der Waals surface area contributed by atoms with Gasteiger partial charge in [0.15, 0.2) is 0 Å². The fourth-order valence-electron chi connectivity index (χ4n) is 1.68. The van der Waals surface area contributed by atoms with Crippen molar-refractivity contribution in [2.75, 3.05) is 7.05 Å². The molecular formula is C13H21N. The number of rotatable bonds is 3. The maximum absolute atomic E-state index is 3.37. The Bertz CT molecular complexity index is 302. The highest BCUT2D eigenvalue weighted by molar-refractivity contribution is 5.30. The van der Waals surface area contributed by atoms with Crippen LogP contribution < -0.4 is 5.32 Å². The average Bonchev–Trinajstić information content (AvgIpc) is 2.17. The quantitative estimate of drug-likeness (QED) is 0.774. The van der Waals surface area contributed by atoms with Crippen LogP contribution in [0.4, 0.5) is 0 Å². The van der Waals surface area contributed by atoms with Crippen LogP contribution >= 0.6 is 0 Å². The first-order valence-electron chi connectivity index (χ1n) is 5.23. The molecule has 0 saturated heterocycles. The molecule has 0 aliphatic rings. The average molecular weight is 191 g/mol. The zero-order valence-corrected chi connectivity index (χ0v) is 9.89. The molecule has 1 aromatic carbocycles. The summed E-state index contributed by atoms with van der Waals surface area (Å²) in [5.41, 5.74) is 2.96. The van der Waals surface area contributed by atoms with Gasteiger partial charge in [0.25, 0.3) is 0 Å². The lowest BCUT2D eigenvalue weighted by molar-refractivity contribution is 0.359. The Balaban J connectivity index is 3.00. The lowest BCUT2D eigenvalue weighted by Gasteiger charge is -2.32. The zero-order valence-electron chi connectivity index (χ0n) is 9.89. The predicted molar refractivity (Wildman–Crippen MR) is 62.7 cm³/mol. The van der Waals surface area contributed by atoms with Crippen molar-refractivity contribution in [2.24, 2.45) is 0 Å². The second-order valence-electron chi connectivity index (χ2n) is 4.55. The maximum Gasteiger partial charge on any atom is 0.0188 e. The van der Waals surface area contributed by atoms with Gasteiger partial charge in [-0.3, -0.25) is 0 Å². The topological polar surface area (TPSA) is 12.0 Å². The van der Waals surface area contributed by atoms with E-state index < -0.39 is 0 Å². The summed E-state index contributed by atoms with van der Waals surface area (Å²) in [5, 5.41) is 3.37. The van der Waals surface area contributed by atoms with E-state index in [9.17, 15) is 0 Å². The minimum absolute atomic E-state index is 0.145. The molecule has 1 N–H and O–H groups in total. The number of hydrogen-bond donors (Lipinski definition) is 1. The molecule has 1 atom stereocenters. The third kappa shape index (κ3) is 2.16. The first kappa shape index (κ1) is 11.3. The summed E-state index contributed by atoms with van der Waals surface area (Å²) in [7, 11) is 2.02. The van der Waals surface area contributed by atoms with Crippen LogP contribution in [0.15, 0.2) is 24.3 Å². The number of nitrogens with one attached hydrogen (secondary N) is 1. The van der Waals surface area contributed by atoms with Gasteiger partial charge in [-0.05, 0) is 44.9 Å². The van der Waals surface area contributed by atoms with Crippen LogP contribution in [-0.4, -0.2) is 12.6 Å². The van der Waals surface area contributed by atoms with Gasteiger partial charge in [0.05, 0.1) is 0 Å². The zero-order chi connectivity index (χ0) is 10.8. The van der Waals surface area contributed by atoms with Gasteiger partial charge in [-0.15, -0.1) is 0 Å². The Morgan fingerprint density at radius 3 is 2.29 bits per heavy atom. The van der Waals surface area contributed by atoms with E-state index in [1.165, 1.54) is 11.1 Å². The second kappa shape index (κ2) is 4.14. The Morgan fingerprint density at radius 1 is 1.21 bits per heavy atom. The van der Waals surface area contributed by atoms with Gasteiger partial charge < -0.3 is 5.32 Å². The number of aryl methyl sites for hydroxylation is 1. The third-order valence-electron chi connectivity index (χ3n) is 3.38. The van der Waals surface area contributed by atoms with Crippen LogP contribution in [0.25, 0.3) is 0 Å². The van der Waals surface area contributed by atoms with E-state index in [2.05, 4.69) is 57.3 Å². The Morgan fingerprint density at radius 2 is 1.79 bits per heavy atom. The van der Waals surface area contributed by atoms with E-state index in [1.807, 2.05) is 7.05 Å². The molecule has 0 fully saturated rings. The van der Waals surface area contributed by atoms with Gasteiger partial charge in [-0.2, -0.15) is 0 Å². The van der Waals surface area contributed by atoms with E-state index in [-0.39, 0.29) is 5.54 Å². The van der Waals surface area contributed by atoms with Crippen LogP contribution in [0.2, 0.25) is 0 Å². The summed E-state index contributed by atoms with van der Waals surface area (Å²) in [4.78, 5) is 0. The van der Waals surface area contributed by atoms with Crippen molar-refractivity contribution >= 4 is 0 Å². The summed E-state index contributed by atoms with van der Waals surface area (Å²) in [6, 6.07) is 8.61. The van der Waals surface area contributed by atoms with Crippen molar-refractivity contribution in [2.45, 2.75) is 39.2 Å². The summed E-state index contributed by atoms with van der Waals surface area (Å²) in [5.74, 6) is 0.522. The predicted octanol–water partition coefficient (Wildman–Crippen LogP) is 3.10. The monoisotopic (exact) mass is 191 g/mol. The molecule has 1 aromatic rings. The largest absolute Gasteiger partial charge is 0.314 e. The van der Waals surface area contributed by atoms with Crippen molar-refractivity contribution < 1.29 is 0 Å². The van der Waals surface area contributed by atoms with Gasteiger partial charge >= 0.3 is 0 Å². The lowest BCUT2D eigenvalue weighted by atomic mass is 9.82. The summed E-state index contributed by atoms with van der Waals surface area (Å²) >= 11 is 0. The lowest BCUT2D eigenvalue weighted by Crippen LogP contribution is -2.41. The van der Waals surface area contributed by atoms with Crippen LogP contribution in [-0.2, 0) is 0 Å². The molecule has 1 unspecified atom stereocenters. The maximum atomic E-state index is 3.37. The first-order valence-corrected chi connectivity index (χ1v) is 5.23. The molecule has 0 aromatic heterocycles. The van der Waals surface area contributed by atoms with Crippen molar-refractivity contribution in [3.63, 3.8) is 0 Å². The second-order valence-corrected chi connectivity index (χ2v) is 4.55. The molecule has 0 spiro atoms. The number of likely N-dealkylation sites (N-methyl/N-ethyl adjacent to an activating group) is 1. The molecule has 0 aliphatic heterocycles. The molecule has 0 aliphatic carbocycles. The molecule has 1 rings (SSSR count). The van der Waals surface area contributed by atoms with Gasteiger partial charge in [0.2, 0.25) is 0 Å². The van der Waals surface area contributed by atoms with E-state index in [0.29, 0.717) is 5.92 Å². The Hall–Kier alpha value is -0.820. The van der Waals surface area contributed by atoms with E-state index in [0.717, 1.165) is 0 Å². The van der Waals surface area contributed by atoms with Crippen molar-refractivity contribution in [3.05, 3.63) is 35.4 Å². The highest BCUT2D eigenvalue weighted by Gasteiger charge is 2.25. The highest BCUT2D eigenvalue weighted by Crippen LogP contribution is 2.29. The summed E-state index contributed by atoms with van der Waals surface area (Å²) < 4.78 is 0. The van der Waals surface area contributed by atoms with E-state index in [1.54, 1.807) is 0 Å². The Kier molecular flexibility index (Phi) is 3.33. The van der Waals surface area contributed by atoms with Crippen molar-refractivity contribution in [1.29, 1.82) is 0 Å². The highest BCUT2D eigenvalue weighted by atomic mass is 14.9. The molecule has 0 heterocycles. The van der Waals surface area contributed by atoms with Gasteiger partial charge in [0, 0.05) is 5.54 Å². The molecule has 1 heteroatoms. The van der Waals surface area contributed by atoms with E-state index in [4.69, 9.17) is 0 Å². The molecule has 78 valence electrons. The molecule has 0 radical (unpaired) electrons. The fraction of sp³-hybridized carbons (Fsp3) is 0.538. The standard InChI is InChI=1S/C13H21N/c1-10-8-6-7-9-12(10)11(2)13(3,4)14-5/h6-9,11,14H,1-5H3. The van der Waals surface area contributed by atoms with Crippen LogP contribution in [0, 0.1) is 6.92 Å². The van der Waals surface area contributed by atoms with Gasteiger partial charge in [-0.1, -0.05) is 31.2 Å². The minimum Gasteiger partial charge on any atom is -0.314 e. The van der Waals surface area contributed by atoms with E-state index >= 15 is 0 Å². The summed E-state index contributed by atoms with van der Waals surface area (Å²) in [6.07, 6.45) is 0. The van der Waals surface area contributed by atoms with Gasteiger partial charge in [-0.25, -0.2) is 0 Å². The van der Waals surface area contributed by atoms with Crippen LogP contribution in [0.3, 0.4) is 0 Å². The fourth-order valence-corrected chi connectivity index (χ4v) is 1.68. The molecule has 0 bridgehead atoms. The minimum atomic E-state index is 0.145. The third-order valence-corrected chi connectivity index (χ3v) is 3.38. The SMILES string of the molecule is CNC(C)(C)C(C)c1ccccc1C. The molecule has 14 heavy (non-hydrogen) atoms. The van der Waals surface area contributed by atoms with Crippen molar-refractivity contribution in [1.82, 2.24) is 5.32 Å². The van der Waals surface area contributed by atoms with Crippen LogP contribution in [0.5, 0.6) is 0 Å². The smallest absolute Gasteiger partial charge is 0.0188 e. The van der Waals surface area contributed by atoms with Gasteiger partial charge in [0.1, 0.15) is 0 Å². The molecule has 1 nitrogen and oxygen atoms in total. The molecule has 0 amide bonds. The number of benzene rings is 1.